The Morgan fingerprint density at radius 3 is 1.83 bits per heavy atom. The van der Waals surface area contributed by atoms with Crippen molar-refractivity contribution in [2.24, 2.45) is 0 Å². The van der Waals surface area contributed by atoms with Gasteiger partial charge in [0.15, 0.2) is 0 Å². The number of para-hydroxylation sites is 2. The molecule has 9 aromatic rings. The molecule has 6 aromatic carbocycles. The second-order valence-electron chi connectivity index (χ2n) is 12.3. The summed E-state index contributed by atoms with van der Waals surface area (Å²) in [5.74, 6) is 0. The van der Waals surface area contributed by atoms with Gasteiger partial charge < -0.3 is 9.13 Å². The van der Waals surface area contributed by atoms with Crippen LogP contribution in [0, 0.1) is 11.3 Å². The van der Waals surface area contributed by atoms with E-state index in [9.17, 15) is 5.26 Å². The van der Waals surface area contributed by atoms with Crippen molar-refractivity contribution >= 4 is 77.2 Å². The number of hydrogen-bond donors (Lipinski definition) is 0. The number of aromatic nitrogens is 2. The number of nitriles is 1. The maximum absolute atomic E-state index is 9.34. The van der Waals surface area contributed by atoms with Gasteiger partial charge >= 0.3 is 0 Å². The second kappa shape index (κ2) is 10.1. The second-order valence-corrected chi connectivity index (χ2v) is 13.4. The van der Waals surface area contributed by atoms with Gasteiger partial charge in [0, 0.05) is 37.2 Å². The maximum atomic E-state index is 9.34. The van der Waals surface area contributed by atoms with Crippen LogP contribution in [0.5, 0.6) is 0 Å². The molecular weight excluding hydrogens is 591 g/mol. The van der Waals surface area contributed by atoms with Gasteiger partial charge in [-0.1, -0.05) is 72.8 Å². The molecule has 0 saturated carbocycles. The van der Waals surface area contributed by atoms with Crippen LogP contribution in [0.4, 0.5) is 0 Å². The highest BCUT2D eigenvalue weighted by Gasteiger charge is 2.18. The predicted molar refractivity (Wildman–Crippen MR) is 198 cm³/mol. The minimum atomic E-state index is 0.664. The van der Waals surface area contributed by atoms with Gasteiger partial charge in [0.1, 0.15) is 0 Å². The molecule has 220 valence electrons. The van der Waals surface area contributed by atoms with Crippen LogP contribution in [0.25, 0.3) is 88.4 Å². The highest BCUT2D eigenvalue weighted by molar-refractivity contribution is 7.17. The van der Waals surface area contributed by atoms with E-state index in [0.717, 1.165) is 29.6 Å². The fourth-order valence-corrected chi connectivity index (χ4v) is 8.93. The normalized spacial score (nSPS) is 12.8. The molecule has 1 aliphatic rings. The maximum Gasteiger partial charge on any atom is 0.0991 e. The summed E-state index contributed by atoms with van der Waals surface area (Å²) in [6.07, 6.45) is 7.05. The average Bonchev–Trinajstić information content (AvgIpc) is 3.79. The molecule has 0 bridgehead atoms. The minimum absolute atomic E-state index is 0.664. The Labute approximate surface area is 274 Å². The Hall–Kier alpha value is -5.89. The smallest absolute Gasteiger partial charge is 0.0991 e. The van der Waals surface area contributed by atoms with Crippen molar-refractivity contribution in [1.82, 2.24) is 9.13 Å². The van der Waals surface area contributed by atoms with E-state index in [2.05, 4.69) is 130 Å². The third-order valence-corrected chi connectivity index (χ3v) is 11.0. The highest BCUT2D eigenvalue weighted by atomic mass is 32.1. The number of nitrogens with zero attached hydrogens (tertiary/aromatic N) is 3. The standard InChI is InChI=1S/C43H27N3S/c44-26-27-16-20-30(21-17-27)45-37-12-4-1-8-31(37)35-24-28(18-22-39(35)45)29-19-23-40-36(25-29)32-9-2-5-13-38(32)46(40)41-14-7-11-34-33-10-3-6-15-42(33)47-43(34)41/h1-2,4-5,7-25H,3,6H2. The van der Waals surface area contributed by atoms with Gasteiger partial charge in [-0.3, -0.25) is 0 Å². The number of fused-ring (bicyclic) bond motifs is 9. The van der Waals surface area contributed by atoms with Crippen molar-refractivity contribution in [3.05, 3.63) is 143 Å². The van der Waals surface area contributed by atoms with Gasteiger partial charge in [0.2, 0.25) is 0 Å². The quantitative estimate of drug-likeness (QED) is 0.194. The first-order valence-corrected chi connectivity index (χ1v) is 16.9. The van der Waals surface area contributed by atoms with Crippen LogP contribution in [0.15, 0.2) is 127 Å². The van der Waals surface area contributed by atoms with Crippen LogP contribution in [0.3, 0.4) is 0 Å². The zero-order valence-electron chi connectivity index (χ0n) is 25.4. The van der Waals surface area contributed by atoms with Crippen LogP contribution < -0.4 is 9.75 Å². The van der Waals surface area contributed by atoms with Crippen LogP contribution in [-0.4, -0.2) is 9.13 Å². The molecule has 10 rings (SSSR count). The molecule has 4 heteroatoms. The third kappa shape index (κ3) is 3.84. The van der Waals surface area contributed by atoms with Crippen LogP contribution in [0.2, 0.25) is 0 Å². The third-order valence-electron chi connectivity index (χ3n) is 9.78. The molecule has 0 spiro atoms. The summed E-state index contributed by atoms with van der Waals surface area (Å²) in [5, 5.41) is 17.0. The zero-order valence-corrected chi connectivity index (χ0v) is 26.3. The minimum Gasteiger partial charge on any atom is -0.309 e. The summed E-state index contributed by atoms with van der Waals surface area (Å²) in [7, 11) is 0. The SMILES string of the molecule is N#Cc1ccc(-n2c3ccccc3c3cc(-c4ccc5c(c4)c4ccccc4n5-c4cccc5c6c(sc45)=CCCC=6)ccc32)cc1. The van der Waals surface area contributed by atoms with E-state index in [4.69, 9.17) is 0 Å². The van der Waals surface area contributed by atoms with Crippen molar-refractivity contribution in [1.29, 1.82) is 5.26 Å². The average molecular weight is 618 g/mol. The van der Waals surface area contributed by atoms with Crippen LogP contribution >= 0.6 is 11.3 Å². The molecule has 3 aromatic heterocycles. The Kier molecular flexibility index (Phi) is 5.64. The topological polar surface area (TPSA) is 33.6 Å². The Morgan fingerprint density at radius 2 is 1.13 bits per heavy atom. The van der Waals surface area contributed by atoms with E-state index >= 15 is 0 Å². The summed E-state index contributed by atoms with van der Waals surface area (Å²) >= 11 is 1.92. The Bertz CT molecular complexity index is 2910. The Balaban J connectivity index is 1.18. The molecule has 0 saturated heterocycles. The van der Waals surface area contributed by atoms with E-state index in [0.29, 0.717) is 5.56 Å². The largest absolute Gasteiger partial charge is 0.309 e. The highest BCUT2D eigenvalue weighted by Crippen LogP contribution is 2.39. The monoisotopic (exact) mass is 617 g/mol. The van der Waals surface area contributed by atoms with E-state index < -0.39 is 0 Å². The number of hydrogen-bond acceptors (Lipinski definition) is 2. The lowest BCUT2D eigenvalue weighted by Gasteiger charge is -2.10. The van der Waals surface area contributed by atoms with E-state index in [1.165, 1.54) is 69.2 Å². The van der Waals surface area contributed by atoms with Crippen molar-refractivity contribution in [2.45, 2.75) is 12.8 Å². The lowest BCUT2D eigenvalue weighted by Crippen LogP contribution is -2.20. The van der Waals surface area contributed by atoms with Gasteiger partial charge in [0.25, 0.3) is 0 Å². The molecule has 47 heavy (non-hydrogen) atoms. The van der Waals surface area contributed by atoms with Crippen molar-refractivity contribution in [3.63, 3.8) is 0 Å². The van der Waals surface area contributed by atoms with Gasteiger partial charge in [-0.25, -0.2) is 0 Å². The molecule has 0 radical (unpaired) electrons. The molecule has 0 fully saturated rings. The molecule has 0 aliphatic heterocycles. The molecule has 0 amide bonds. The first-order chi connectivity index (χ1) is 23.3. The number of thiophene rings is 1. The van der Waals surface area contributed by atoms with Crippen LogP contribution in [-0.2, 0) is 0 Å². The first kappa shape index (κ1) is 26.3. The zero-order chi connectivity index (χ0) is 31.1. The molecular formula is C43H27N3S. The summed E-state index contributed by atoms with van der Waals surface area (Å²) < 4.78 is 7.51. The van der Waals surface area contributed by atoms with Crippen molar-refractivity contribution < 1.29 is 0 Å². The van der Waals surface area contributed by atoms with Crippen LogP contribution in [0.1, 0.15) is 18.4 Å². The van der Waals surface area contributed by atoms with E-state index in [1.54, 1.807) is 0 Å². The summed E-state index contributed by atoms with van der Waals surface area (Å²) in [4.78, 5) is 0. The molecule has 0 unspecified atom stereocenters. The van der Waals surface area contributed by atoms with Gasteiger partial charge in [-0.2, -0.15) is 5.26 Å². The fraction of sp³-hybridized carbons (Fsp3) is 0.0465. The predicted octanol–water partition coefficient (Wildman–Crippen LogP) is 9.99. The molecule has 3 nitrogen and oxygen atoms in total. The van der Waals surface area contributed by atoms with E-state index in [-0.39, 0.29) is 0 Å². The lowest BCUT2D eigenvalue weighted by atomic mass is 10.0. The van der Waals surface area contributed by atoms with Gasteiger partial charge in [-0.05, 0) is 95.9 Å². The summed E-state index contributed by atoms with van der Waals surface area (Å²) in [6, 6.07) is 48.0. The van der Waals surface area contributed by atoms with E-state index in [1.807, 2.05) is 35.6 Å². The Morgan fingerprint density at radius 1 is 0.532 bits per heavy atom. The molecule has 0 atom stereocenters. The summed E-state index contributed by atoms with van der Waals surface area (Å²) in [5.41, 5.74) is 10.1. The molecule has 1 aliphatic carbocycles. The fourth-order valence-electron chi connectivity index (χ4n) is 7.65. The van der Waals surface area contributed by atoms with Gasteiger partial charge in [-0.15, -0.1) is 11.3 Å². The van der Waals surface area contributed by atoms with Crippen molar-refractivity contribution in [2.75, 3.05) is 0 Å². The summed E-state index contributed by atoms with van der Waals surface area (Å²) in [6.45, 7) is 0. The van der Waals surface area contributed by atoms with Gasteiger partial charge in [0.05, 0.1) is 44.1 Å². The number of benzene rings is 6. The van der Waals surface area contributed by atoms with Crippen molar-refractivity contribution in [3.8, 4) is 28.6 Å². The first-order valence-electron chi connectivity index (χ1n) is 16.1. The molecule has 3 heterocycles. The number of rotatable bonds is 3. The molecule has 0 N–H and O–H groups in total. The lowest BCUT2D eigenvalue weighted by molar-refractivity contribution is 1.13.